The van der Waals surface area contributed by atoms with Crippen LogP contribution in [0.4, 0.5) is 0 Å². The maximum absolute atomic E-state index is 11.3. The Labute approximate surface area is 110 Å². The summed E-state index contributed by atoms with van der Waals surface area (Å²) in [6.45, 7) is 8.72. The largest absolute Gasteiger partial charge is 0.335 e. The fraction of sp³-hybridized carbons (Fsp3) is 0.750. The summed E-state index contributed by atoms with van der Waals surface area (Å²) in [7, 11) is -3.17. The molecule has 0 aliphatic heterocycles. The van der Waals surface area contributed by atoms with Gasteiger partial charge in [0, 0.05) is 30.4 Å². The van der Waals surface area contributed by atoms with Gasteiger partial charge in [0.2, 0.25) is 10.0 Å². The third-order valence-electron chi connectivity index (χ3n) is 2.70. The van der Waals surface area contributed by atoms with Crippen LogP contribution in [-0.2, 0) is 16.6 Å². The summed E-state index contributed by atoms with van der Waals surface area (Å²) in [5.74, 6) is 1.40. The molecule has 1 aromatic rings. The van der Waals surface area contributed by atoms with Gasteiger partial charge in [0.15, 0.2) is 0 Å². The Bertz CT molecular complexity index is 489. The van der Waals surface area contributed by atoms with E-state index in [1.807, 2.05) is 20.0 Å². The number of sulfonamides is 1. The summed E-state index contributed by atoms with van der Waals surface area (Å²) in [4.78, 5) is 4.32. The van der Waals surface area contributed by atoms with E-state index in [4.69, 9.17) is 0 Å². The van der Waals surface area contributed by atoms with Crippen molar-refractivity contribution in [3.05, 3.63) is 18.2 Å². The van der Waals surface area contributed by atoms with E-state index in [-0.39, 0.29) is 0 Å². The van der Waals surface area contributed by atoms with Crippen molar-refractivity contribution in [2.75, 3.05) is 6.26 Å². The Morgan fingerprint density at radius 3 is 2.56 bits per heavy atom. The molecule has 0 bridgehead atoms. The van der Waals surface area contributed by atoms with Gasteiger partial charge in [-0.25, -0.2) is 18.1 Å². The van der Waals surface area contributed by atoms with Gasteiger partial charge in [-0.15, -0.1) is 0 Å². The Balaban J connectivity index is 2.67. The molecule has 1 N–H and O–H groups in total. The normalized spacial score (nSPS) is 13.2. The first-order valence-corrected chi connectivity index (χ1v) is 8.00. The predicted octanol–water partition coefficient (Wildman–Crippen LogP) is 1.72. The van der Waals surface area contributed by atoms with E-state index >= 15 is 0 Å². The zero-order valence-corrected chi connectivity index (χ0v) is 12.6. The molecular formula is C12H23N3O2S. The summed E-state index contributed by atoms with van der Waals surface area (Å²) >= 11 is 0. The quantitative estimate of drug-likeness (QED) is 0.858. The first kappa shape index (κ1) is 15.2. The molecule has 1 aromatic heterocycles. The van der Waals surface area contributed by atoms with Crippen LogP contribution < -0.4 is 4.72 Å². The summed E-state index contributed by atoms with van der Waals surface area (Å²) in [6.07, 6.45) is 5.62. The molecule has 0 saturated carbocycles. The molecule has 1 heterocycles. The molecule has 1 rings (SSSR count). The molecule has 0 aliphatic carbocycles. The molecule has 6 heteroatoms. The van der Waals surface area contributed by atoms with Crippen molar-refractivity contribution in [3.63, 3.8) is 0 Å². The highest BCUT2D eigenvalue weighted by atomic mass is 32.2. The number of rotatable bonds is 6. The lowest BCUT2D eigenvalue weighted by atomic mass is 10.0. The van der Waals surface area contributed by atoms with E-state index in [1.165, 1.54) is 6.26 Å². The second-order valence-corrected chi connectivity index (χ2v) is 7.39. The fourth-order valence-electron chi connectivity index (χ4n) is 1.96. The van der Waals surface area contributed by atoms with Crippen molar-refractivity contribution < 1.29 is 8.42 Å². The van der Waals surface area contributed by atoms with Gasteiger partial charge in [0.25, 0.3) is 0 Å². The van der Waals surface area contributed by atoms with Crippen molar-refractivity contribution in [2.24, 2.45) is 0 Å². The highest BCUT2D eigenvalue weighted by Gasteiger charge is 2.22. The number of nitrogens with one attached hydrogen (secondary N) is 1. The maximum atomic E-state index is 11.3. The average molecular weight is 273 g/mol. The second-order valence-electron chi connectivity index (χ2n) is 5.64. The zero-order valence-electron chi connectivity index (χ0n) is 11.8. The van der Waals surface area contributed by atoms with E-state index in [1.54, 1.807) is 6.20 Å². The van der Waals surface area contributed by atoms with Crippen molar-refractivity contribution in [1.82, 2.24) is 14.3 Å². The molecule has 0 atom stereocenters. The lowest BCUT2D eigenvalue weighted by Crippen LogP contribution is -2.43. The molecule has 0 spiro atoms. The predicted molar refractivity (Wildman–Crippen MR) is 73.0 cm³/mol. The number of hydrogen-bond acceptors (Lipinski definition) is 3. The minimum absolute atomic E-state index is 0.367. The Morgan fingerprint density at radius 2 is 2.06 bits per heavy atom. The molecule has 0 fully saturated rings. The number of hydrogen-bond donors (Lipinski definition) is 1. The summed E-state index contributed by atoms with van der Waals surface area (Å²) in [5, 5.41) is 0. The van der Waals surface area contributed by atoms with Crippen LogP contribution in [0.25, 0.3) is 0 Å². The number of aromatic nitrogens is 2. The molecule has 0 aromatic carbocycles. The van der Waals surface area contributed by atoms with E-state index in [2.05, 4.69) is 28.1 Å². The van der Waals surface area contributed by atoms with Gasteiger partial charge in [0.05, 0.1) is 6.26 Å². The van der Waals surface area contributed by atoms with E-state index in [0.717, 1.165) is 18.8 Å². The van der Waals surface area contributed by atoms with E-state index in [9.17, 15) is 8.42 Å². The van der Waals surface area contributed by atoms with Gasteiger partial charge in [-0.3, -0.25) is 0 Å². The molecule has 0 radical (unpaired) electrons. The molecule has 18 heavy (non-hydrogen) atoms. The van der Waals surface area contributed by atoms with Gasteiger partial charge in [-0.2, -0.15) is 0 Å². The molecular weight excluding hydrogens is 250 g/mol. The molecule has 0 unspecified atom stereocenters. The molecule has 0 amide bonds. The van der Waals surface area contributed by atoms with Gasteiger partial charge >= 0.3 is 0 Å². The van der Waals surface area contributed by atoms with Crippen LogP contribution in [0, 0.1) is 0 Å². The van der Waals surface area contributed by atoms with E-state index < -0.39 is 15.6 Å². The third-order valence-corrected chi connectivity index (χ3v) is 3.63. The topological polar surface area (TPSA) is 64.0 Å². The van der Waals surface area contributed by atoms with Gasteiger partial charge in [0.1, 0.15) is 5.82 Å². The molecule has 0 saturated heterocycles. The summed E-state index contributed by atoms with van der Waals surface area (Å²) in [6, 6.07) is 0. The van der Waals surface area contributed by atoms with Crippen LogP contribution in [-0.4, -0.2) is 29.8 Å². The van der Waals surface area contributed by atoms with Crippen molar-refractivity contribution in [3.8, 4) is 0 Å². The maximum Gasteiger partial charge on any atom is 0.209 e. The average Bonchev–Trinajstić information content (AvgIpc) is 2.58. The highest BCUT2D eigenvalue weighted by Crippen LogP contribution is 2.16. The Kier molecular flexibility index (Phi) is 4.55. The van der Waals surface area contributed by atoms with Crippen LogP contribution in [0.1, 0.15) is 45.9 Å². The minimum atomic E-state index is -3.17. The zero-order chi connectivity index (χ0) is 14.0. The lowest BCUT2D eigenvalue weighted by Gasteiger charge is -2.25. The van der Waals surface area contributed by atoms with Crippen LogP contribution in [0.2, 0.25) is 0 Å². The molecule has 0 aliphatic rings. The Morgan fingerprint density at radius 1 is 1.44 bits per heavy atom. The summed E-state index contributed by atoms with van der Waals surface area (Å²) in [5.41, 5.74) is -0.452. The number of imidazole rings is 1. The second kappa shape index (κ2) is 5.40. The van der Waals surface area contributed by atoms with Crippen molar-refractivity contribution in [2.45, 2.75) is 52.1 Å². The van der Waals surface area contributed by atoms with Gasteiger partial charge in [-0.1, -0.05) is 13.8 Å². The standard InChI is InChI=1S/C12H23N3O2S/c1-10(2)11-13-7-9-15(11)8-6-12(3,4)14-18(5,16)17/h7,9-10,14H,6,8H2,1-5H3. The SMILES string of the molecule is CC(C)c1nccn1CCC(C)(C)NS(C)(=O)=O. The van der Waals surface area contributed by atoms with Gasteiger partial charge in [-0.05, 0) is 20.3 Å². The summed E-state index contributed by atoms with van der Waals surface area (Å²) < 4.78 is 27.2. The minimum Gasteiger partial charge on any atom is -0.335 e. The highest BCUT2D eigenvalue weighted by molar-refractivity contribution is 7.88. The number of nitrogens with zero attached hydrogens (tertiary/aromatic N) is 2. The number of aryl methyl sites for hydroxylation is 1. The third kappa shape index (κ3) is 4.78. The first-order valence-electron chi connectivity index (χ1n) is 6.11. The monoisotopic (exact) mass is 273 g/mol. The van der Waals surface area contributed by atoms with Crippen LogP contribution in [0.5, 0.6) is 0 Å². The van der Waals surface area contributed by atoms with Crippen molar-refractivity contribution >= 4 is 10.0 Å². The van der Waals surface area contributed by atoms with Crippen LogP contribution in [0.15, 0.2) is 12.4 Å². The van der Waals surface area contributed by atoms with Crippen LogP contribution >= 0.6 is 0 Å². The molecule has 104 valence electrons. The van der Waals surface area contributed by atoms with Crippen molar-refractivity contribution in [1.29, 1.82) is 0 Å². The Hall–Kier alpha value is -0.880. The van der Waals surface area contributed by atoms with Gasteiger partial charge < -0.3 is 4.57 Å². The first-order chi connectivity index (χ1) is 8.11. The fourth-order valence-corrected chi connectivity index (χ4v) is 3.07. The van der Waals surface area contributed by atoms with Crippen LogP contribution in [0.3, 0.4) is 0 Å². The van der Waals surface area contributed by atoms with E-state index in [0.29, 0.717) is 5.92 Å². The molecule has 5 nitrogen and oxygen atoms in total. The smallest absolute Gasteiger partial charge is 0.209 e. The lowest BCUT2D eigenvalue weighted by molar-refractivity contribution is 0.390.